The number of aromatic nitrogens is 2. The summed E-state index contributed by atoms with van der Waals surface area (Å²) in [6, 6.07) is 16.9. The van der Waals surface area contributed by atoms with E-state index in [-0.39, 0.29) is 18.1 Å². The van der Waals surface area contributed by atoms with Crippen LogP contribution in [0.4, 0.5) is 0 Å². The molecule has 0 aliphatic heterocycles. The zero-order chi connectivity index (χ0) is 19.1. The molecule has 0 atom stereocenters. The number of hydrogen-bond donors (Lipinski definition) is 1. The number of nitrogens with zero attached hydrogens (tertiary/aromatic N) is 2. The standard InChI is InChI=1S/C20H18ClN3O3/c21-18-9-5-4-8-16(18)12-24-13-17(11-23-24)20(26)27-14-19(25)22-10-15-6-2-1-3-7-15/h1-9,11,13H,10,12,14H2,(H,22,25). The van der Waals surface area contributed by atoms with Crippen molar-refractivity contribution in [2.75, 3.05) is 6.61 Å². The van der Waals surface area contributed by atoms with E-state index < -0.39 is 5.97 Å². The highest BCUT2D eigenvalue weighted by molar-refractivity contribution is 6.31. The van der Waals surface area contributed by atoms with Crippen LogP contribution < -0.4 is 5.32 Å². The molecule has 2 aromatic carbocycles. The first kappa shape index (κ1) is 18.7. The number of benzene rings is 2. The van der Waals surface area contributed by atoms with Gasteiger partial charge < -0.3 is 10.1 Å². The highest BCUT2D eigenvalue weighted by Gasteiger charge is 2.13. The number of carbonyl (C=O) groups excluding carboxylic acids is 2. The minimum Gasteiger partial charge on any atom is -0.452 e. The fourth-order valence-corrected chi connectivity index (χ4v) is 2.61. The van der Waals surface area contributed by atoms with E-state index in [1.807, 2.05) is 48.5 Å². The topological polar surface area (TPSA) is 73.2 Å². The van der Waals surface area contributed by atoms with Crippen molar-refractivity contribution in [2.45, 2.75) is 13.1 Å². The van der Waals surface area contributed by atoms with Gasteiger partial charge in [0.15, 0.2) is 6.61 Å². The number of halogens is 1. The van der Waals surface area contributed by atoms with Gasteiger partial charge in [0.05, 0.1) is 18.3 Å². The zero-order valence-electron chi connectivity index (χ0n) is 14.5. The lowest BCUT2D eigenvalue weighted by Gasteiger charge is -2.06. The molecule has 0 aliphatic carbocycles. The molecule has 6 nitrogen and oxygen atoms in total. The normalized spacial score (nSPS) is 10.4. The third-order valence-corrected chi connectivity index (χ3v) is 4.19. The van der Waals surface area contributed by atoms with Crippen LogP contribution >= 0.6 is 11.6 Å². The maximum absolute atomic E-state index is 12.1. The molecular formula is C20H18ClN3O3. The molecule has 1 heterocycles. The molecule has 1 amide bonds. The molecule has 0 aliphatic rings. The number of esters is 1. The molecule has 7 heteroatoms. The van der Waals surface area contributed by atoms with Gasteiger partial charge in [0, 0.05) is 17.8 Å². The van der Waals surface area contributed by atoms with Crippen molar-refractivity contribution in [2.24, 2.45) is 0 Å². The van der Waals surface area contributed by atoms with E-state index in [1.165, 1.54) is 6.20 Å². The zero-order valence-corrected chi connectivity index (χ0v) is 15.2. The van der Waals surface area contributed by atoms with Crippen molar-refractivity contribution in [3.8, 4) is 0 Å². The van der Waals surface area contributed by atoms with Gasteiger partial charge in [-0.1, -0.05) is 60.1 Å². The average molecular weight is 384 g/mol. The van der Waals surface area contributed by atoms with Crippen molar-refractivity contribution < 1.29 is 14.3 Å². The highest BCUT2D eigenvalue weighted by Crippen LogP contribution is 2.16. The Hall–Kier alpha value is -3.12. The Morgan fingerprint density at radius 1 is 1.07 bits per heavy atom. The van der Waals surface area contributed by atoms with Gasteiger partial charge in [0.2, 0.25) is 0 Å². The fourth-order valence-electron chi connectivity index (χ4n) is 2.42. The van der Waals surface area contributed by atoms with Gasteiger partial charge in [-0.3, -0.25) is 9.48 Å². The summed E-state index contributed by atoms with van der Waals surface area (Å²) in [6.45, 7) is 0.471. The van der Waals surface area contributed by atoms with Gasteiger partial charge in [-0.15, -0.1) is 0 Å². The second-order valence-electron chi connectivity index (χ2n) is 5.86. The predicted molar refractivity (Wildman–Crippen MR) is 101 cm³/mol. The van der Waals surface area contributed by atoms with Crippen LogP contribution in [0.15, 0.2) is 67.0 Å². The first-order valence-electron chi connectivity index (χ1n) is 8.35. The van der Waals surface area contributed by atoms with Gasteiger partial charge in [-0.05, 0) is 17.2 Å². The Labute approximate surface area is 161 Å². The van der Waals surface area contributed by atoms with Crippen LogP contribution in [-0.2, 0) is 22.6 Å². The van der Waals surface area contributed by atoms with Crippen LogP contribution in [0, 0.1) is 0 Å². The molecular weight excluding hydrogens is 366 g/mol. The Kier molecular flexibility index (Phi) is 6.22. The number of hydrogen-bond acceptors (Lipinski definition) is 4. The maximum Gasteiger partial charge on any atom is 0.341 e. The molecule has 0 saturated heterocycles. The van der Waals surface area contributed by atoms with Crippen molar-refractivity contribution in [3.63, 3.8) is 0 Å². The van der Waals surface area contributed by atoms with Crippen LogP contribution in [0.25, 0.3) is 0 Å². The second kappa shape index (κ2) is 9.00. The number of rotatable bonds is 7. The van der Waals surface area contributed by atoms with E-state index in [2.05, 4.69) is 10.4 Å². The molecule has 1 aromatic heterocycles. The van der Waals surface area contributed by atoms with Gasteiger partial charge in [-0.25, -0.2) is 4.79 Å². The van der Waals surface area contributed by atoms with Crippen LogP contribution in [-0.4, -0.2) is 28.3 Å². The maximum atomic E-state index is 12.1. The van der Waals surface area contributed by atoms with E-state index in [0.29, 0.717) is 18.1 Å². The Morgan fingerprint density at radius 3 is 2.59 bits per heavy atom. The lowest BCUT2D eigenvalue weighted by atomic mass is 10.2. The van der Waals surface area contributed by atoms with Crippen molar-refractivity contribution in [1.29, 1.82) is 0 Å². The number of carbonyl (C=O) groups is 2. The van der Waals surface area contributed by atoms with Gasteiger partial charge in [0.1, 0.15) is 0 Å². The largest absolute Gasteiger partial charge is 0.452 e. The summed E-state index contributed by atoms with van der Waals surface area (Å²) in [4.78, 5) is 23.9. The summed E-state index contributed by atoms with van der Waals surface area (Å²) in [6.07, 6.45) is 2.97. The Morgan fingerprint density at radius 2 is 1.81 bits per heavy atom. The third kappa shape index (κ3) is 5.43. The van der Waals surface area contributed by atoms with Crippen LogP contribution in [0.2, 0.25) is 5.02 Å². The quantitative estimate of drug-likeness (QED) is 0.636. The summed E-state index contributed by atoms with van der Waals surface area (Å²) in [5.74, 6) is -0.967. The minimum atomic E-state index is -0.602. The van der Waals surface area contributed by atoms with E-state index in [9.17, 15) is 9.59 Å². The molecule has 1 N–H and O–H groups in total. The molecule has 0 unspecified atom stereocenters. The third-order valence-electron chi connectivity index (χ3n) is 3.83. The molecule has 3 aromatic rings. The summed E-state index contributed by atoms with van der Waals surface area (Å²) in [5.41, 5.74) is 2.14. The summed E-state index contributed by atoms with van der Waals surface area (Å²) in [5, 5.41) is 7.46. The monoisotopic (exact) mass is 383 g/mol. The first-order chi connectivity index (χ1) is 13.1. The molecule has 27 heavy (non-hydrogen) atoms. The van der Waals surface area contributed by atoms with Gasteiger partial charge in [-0.2, -0.15) is 5.10 Å². The molecule has 138 valence electrons. The SMILES string of the molecule is O=C(COC(=O)c1cnn(Cc2ccccc2Cl)c1)NCc1ccccc1. The Balaban J connectivity index is 1.48. The van der Waals surface area contributed by atoms with E-state index in [0.717, 1.165) is 11.1 Å². The fraction of sp³-hybridized carbons (Fsp3) is 0.150. The van der Waals surface area contributed by atoms with Crippen molar-refractivity contribution >= 4 is 23.5 Å². The summed E-state index contributed by atoms with van der Waals surface area (Å²) < 4.78 is 6.63. The summed E-state index contributed by atoms with van der Waals surface area (Å²) >= 11 is 6.12. The average Bonchev–Trinajstić information content (AvgIpc) is 3.16. The van der Waals surface area contributed by atoms with Crippen LogP contribution in [0.1, 0.15) is 21.5 Å². The van der Waals surface area contributed by atoms with Crippen molar-refractivity contribution in [3.05, 3.63) is 88.7 Å². The lowest BCUT2D eigenvalue weighted by molar-refractivity contribution is -0.124. The lowest BCUT2D eigenvalue weighted by Crippen LogP contribution is -2.28. The van der Waals surface area contributed by atoms with Crippen molar-refractivity contribution in [1.82, 2.24) is 15.1 Å². The Bertz CT molecular complexity index is 925. The smallest absolute Gasteiger partial charge is 0.341 e. The first-order valence-corrected chi connectivity index (χ1v) is 8.73. The number of nitrogens with one attached hydrogen (secondary N) is 1. The molecule has 0 bridgehead atoms. The van der Waals surface area contributed by atoms with E-state index in [1.54, 1.807) is 16.9 Å². The van der Waals surface area contributed by atoms with Gasteiger partial charge >= 0.3 is 5.97 Å². The van der Waals surface area contributed by atoms with Crippen LogP contribution in [0.3, 0.4) is 0 Å². The minimum absolute atomic E-state index is 0.276. The number of amides is 1. The van der Waals surface area contributed by atoms with E-state index >= 15 is 0 Å². The van der Waals surface area contributed by atoms with E-state index in [4.69, 9.17) is 16.3 Å². The molecule has 0 saturated carbocycles. The highest BCUT2D eigenvalue weighted by atomic mass is 35.5. The summed E-state index contributed by atoms with van der Waals surface area (Å²) in [7, 11) is 0. The molecule has 0 radical (unpaired) electrons. The molecule has 3 rings (SSSR count). The number of ether oxygens (including phenoxy) is 1. The second-order valence-corrected chi connectivity index (χ2v) is 6.26. The predicted octanol–water partition coefficient (Wildman–Crippen LogP) is 3.06. The molecule has 0 spiro atoms. The van der Waals surface area contributed by atoms with Crippen LogP contribution in [0.5, 0.6) is 0 Å². The molecule has 0 fully saturated rings. The van der Waals surface area contributed by atoms with Gasteiger partial charge in [0.25, 0.3) is 5.91 Å².